The standard InChI is InChI=1S/C16H23N5O2S/c1-10(2)9-18-15(22)11(3)24-16-20-19-14(21(16)17)12-5-7-13(23-4)8-6-12/h5-8,10-11H,9,17H2,1-4H3,(H,18,22)/t11-/m0/s1. The number of amides is 1. The highest BCUT2D eigenvalue weighted by Crippen LogP contribution is 2.25. The van der Waals surface area contributed by atoms with Gasteiger partial charge in [0.15, 0.2) is 5.82 Å². The van der Waals surface area contributed by atoms with Gasteiger partial charge in [-0.15, -0.1) is 10.2 Å². The van der Waals surface area contributed by atoms with Gasteiger partial charge in [-0.2, -0.15) is 0 Å². The molecule has 0 fully saturated rings. The number of benzene rings is 1. The van der Waals surface area contributed by atoms with Crippen LogP contribution < -0.4 is 15.9 Å². The van der Waals surface area contributed by atoms with E-state index in [-0.39, 0.29) is 11.2 Å². The van der Waals surface area contributed by atoms with E-state index in [1.807, 2.05) is 31.2 Å². The van der Waals surface area contributed by atoms with Crippen molar-refractivity contribution in [3.63, 3.8) is 0 Å². The van der Waals surface area contributed by atoms with Crippen LogP contribution in [-0.2, 0) is 4.79 Å². The maximum atomic E-state index is 12.1. The molecule has 1 aromatic heterocycles. The summed E-state index contributed by atoms with van der Waals surface area (Å²) >= 11 is 1.28. The number of carbonyl (C=O) groups excluding carboxylic acids is 1. The second kappa shape index (κ2) is 8.05. The van der Waals surface area contributed by atoms with Gasteiger partial charge in [-0.05, 0) is 37.1 Å². The summed E-state index contributed by atoms with van der Waals surface area (Å²) in [6.45, 7) is 6.57. The lowest BCUT2D eigenvalue weighted by molar-refractivity contribution is -0.120. The maximum absolute atomic E-state index is 12.1. The summed E-state index contributed by atoms with van der Waals surface area (Å²) in [4.78, 5) is 12.1. The molecule has 24 heavy (non-hydrogen) atoms. The van der Waals surface area contributed by atoms with Crippen LogP contribution in [0.25, 0.3) is 11.4 Å². The molecular weight excluding hydrogens is 326 g/mol. The molecule has 0 aliphatic rings. The lowest BCUT2D eigenvalue weighted by atomic mass is 10.2. The zero-order valence-electron chi connectivity index (χ0n) is 14.3. The molecule has 0 spiro atoms. The SMILES string of the molecule is COc1ccc(-c2nnc(S[C@@H](C)C(=O)NCC(C)C)n2N)cc1. The summed E-state index contributed by atoms with van der Waals surface area (Å²) in [6, 6.07) is 7.39. The minimum atomic E-state index is -0.307. The van der Waals surface area contributed by atoms with E-state index in [9.17, 15) is 4.79 Å². The molecule has 0 radical (unpaired) electrons. The van der Waals surface area contributed by atoms with Crippen LogP contribution in [0.3, 0.4) is 0 Å². The molecule has 0 saturated heterocycles. The summed E-state index contributed by atoms with van der Waals surface area (Å²) in [7, 11) is 1.61. The third-order valence-corrected chi connectivity index (χ3v) is 4.41. The van der Waals surface area contributed by atoms with Gasteiger partial charge < -0.3 is 15.9 Å². The van der Waals surface area contributed by atoms with Crippen molar-refractivity contribution in [1.29, 1.82) is 0 Å². The zero-order chi connectivity index (χ0) is 17.7. The maximum Gasteiger partial charge on any atom is 0.233 e. The van der Waals surface area contributed by atoms with Gasteiger partial charge in [-0.3, -0.25) is 4.79 Å². The summed E-state index contributed by atoms with van der Waals surface area (Å²) < 4.78 is 6.54. The molecule has 0 aliphatic heterocycles. The van der Waals surface area contributed by atoms with Crippen LogP contribution in [0.4, 0.5) is 0 Å². The van der Waals surface area contributed by atoms with E-state index in [2.05, 4.69) is 29.4 Å². The first kappa shape index (κ1) is 18.1. The van der Waals surface area contributed by atoms with Gasteiger partial charge >= 0.3 is 0 Å². The van der Waals surface area contributed by atoms with E-state index < -0.39 is 0 Å². The van der Waals surface area contributed by atoms with Crippen molar-refractivity contribution in [2.45, 2.75) is 31.2 Å². The Hall–Kier alpha value is -2.22. The predicted molar refractivity (Wildman–Crippen MR) is 95.3 cm³/mol. The first-order chi connectivity index (χ1) is 11.4. The van der Waals surface area contributed by atoms with Gasteiger partial charge in [0.05, 0.1) is 12.4 Å². The molecule has 2 aromatic rings. The first-order valence-corrected chi connectivity index (χ1v) is 8.59. The molecule has 0 unspecified atom stereocenters. The molecular formula is C16H23N5O2S. The second-order valence-corrected chi connectivity index (χ2v) is 7.11. The third kappa shape index (κ3) is 4.41. The Morgan fingerprint density at radius 3 is 2.54 bits per heavy atom. The van der Waals surface area contributed by atoms with Crippen LogP contribution in [0.2, 0.25) is 0 Å². The van der Waals surface area contributed by atoms with Crippen LogP contribution in [0.15, 0.2) is 29.4 Å². The topological polar surface area (TPSA) is 95.1 Å². The van der Waals surface area contributed by atoms with E-state index in [1.165, 1.54) is 16.4 Å². The highest BCUT2D eigenvalue weighted by atomic mass is 32.2. The Labute approximate surface area is 145 Å². The molecule has 1 atom stereocenters. The van der Waals surface area contributed by atoms with E-state index >= 15 is 0 Å². The Morgan fingerprint density at radius 2 is 1.96 bits per heavy atom. The Kier molecular flexibility index (Phi) is 6.08. The third-order valence-electron chi connectivity index (χ3n) is 3.35. The summed E-state index contributed by atoms with van der Waals surface area (Å²) in [5.41, 5.74) is 0.828. The molecule has 2 rings (SSSR count). The minimum absolute atomic E-state index is 0.0392. The molecule has 130 valence electrons. The fourth-order valence-electron chi connectivity index (χ4n) is 1.95. The largest absolute Gasteiger partial charge is 0.497 e. The Bertz CT molecular complexity index is 684. The fraction of sp³-hybridized carbons (Fsp3) is 0.438. The molecule has 1 aromatic carbocycles. The van der Waals surface area contributed by atoms with Crippen molar-refractivity contribution in [2.75, 3.05) is 19.5 Å². The van der Waals surface area contributed by atoms with Gasteiger partial charge in [0.25, 0.3) is 0 Å². The van der Waals surface area contributed by atoms with Crippen molar-refractivity contribution in [3.05, 3.63) is 24.3 Å². The van der Waals surface area contributed by atoms with Crippen LogP contribution in [0.5, 0.6) is 5.75 Å². The number of ether oxygens (including phenoxy) is 1. The summed E-state index contributed by atoms with van der Waals surface area (Å²) in [6.07, 6.45) is 0. The molecule has 3 N–H and O–H groups in total. The van der Waals surface area contributed by atoms with Crippen LogP contribution in [0.1, 0.15) is 20.8 Å². The van der Waals surface area contributed by atoms with E-state index in [4.69, 9.17) is 10.6 Å². The number of thioether (sulfide) groups is 1. The van der Waals surface area contributed by atoms with Crippen molar-refractivity contribution >= 4 is 17.7 Å². The monoisotopic (exact) mass is 349 g/mol. The number of nitrogens with one attached hydrogen (secondary N) is 1. The lowest BCUT2D eigenvalue weighted by Crippen LogP contribution is -2.33. The second-order valence-electron chi connectivity index (χ2n) is 5.80. The van der Waals surface area contributed by atoms with Gasteiger partial charge in [0, 0.05) is 12.1 Å². The quantitative estimate of drug-likeness (QED) is 0.586. The number of nitrogen functional groups attached to an aromatic ring is 1. The number of methoxy groups -OCH3 is 1. The Balaban J connectivity index is 2.07. The normalized spacial score (nSPS) is 12.2. The summed E-state index contributed by atoms with van der Waals surface area (Å²) in [5.74, 6) is 7.75. The average Bonchev–Trinajstić information content (AvgIpc) is 2.93. The summed E-state index contributed by atoms with van der Waals surface area (Å²) in [5, 5.41) is 11.3. The highest BCUT2D eigenvalue weighted by molar-refractivity contribution is 8.00. The number of hydrogen-bond acceptors (Lipinski definition) is 6. The zero-order valence-corrected chi connectivity index (χ0v) is 15.1. The van der Waals surface area contributed by atoms with Crippen molar-refractivity contribution in [3.8, 4) is 17.1 Å². The lowest BCUT2D eigenvalue weighted by Gasteiger charge is -2.12. The van der Waals surface area contributed by atoms with E-state index in [1.54, 1.807) is 7.11 Å². The van der Waals surface area contributed by atoms with Crippen LogP contribution >= 0.6 is 11.8 Å². The fourth-order valence-corrected chi connectivity index (χ4v) is 2.75. The molecule has 0 bridgehead atoms. The smallest absolute Gasteiger partial charge is 0.233 e. The number of nitrogens with zero attached hydrogens (tertiary/aromatic N) is 3. The molecule has 1 amide bonds. The van der Waals surface area contributed by atoms with Gasteiger partial charge in [-0.1, -0.05) is 25.6 Å². The molecule has 1 heterocycles. The number of rotatable bonds is 7. The van der Waals surface area contributed by atoms with Gasteiger partial charge in [-0.25, -0.2) is 4.68 Å². The first-order valence-electron chi connectivity index (χ1n) is 7.71. The van der Waals surface area contributed by atoms with Gasteiger partial charge in [0.1, 0.15) is 5.75 Å². The molecule has 7 nitrogen and oxygen atoms in total. The number of nitrogens with two attached hydrogens (primary N) is 1. The highest BCUT2D eigenvalue weighted by Gasteiger charge is 2.19. The molecule has 0 saturated carbocycles. The number of hydrogen-bond donors (Lipinski definition) is 2. The minimum Gasteiger partial charge on any atom is -0.497 e. The van der Waals surface area contributed by atoms with Crippen LogP contribution in [-0.4, -0.2) is 39.7 Å². The molecule has 0 aliphatic carbocycles. The molecule has 8 heteroatoms. The Morgan fingerprint density at radius 1 is 1.29 bits per heavy atom. The van der Waals surface area contributed by atoms with Crippen molar-refractivity contribution < 1.29 is 9.53 Å². The van der Waals surface area contributed by atoms with E-state index in [0.717, 1.165) is 11.3 Å². The van der Waals surface area contributed by atoms with E-state index in [0.29, 0.717) is 23.4 Å². The van der Waals surface area contributed by atoms with Crippen molar-refractivity contribution in [1.82, 2.24) is 20.2 Å². The number of carbonyl (C=O) groups is 1. The van der Waals surface area contributed by atoms with Gasteiger partial charge in [0.2, 0.25) is 11.1 Å². The average molecular weight is 349 g/mol. The predicted octanol–water partition coefficient (Wildman–Crippen LogP) is 1.92. The van der Waals surface area contributed by atoms with Crippen LogP contribution in [0, 0.1) is 5.92 Å². The number of aromatic nitrogens is 3. The van der Waals surface area contributed by atoms with Crippen molar-refractivity contribution in [2.24, 2.45) is 5.92 Å².